The van der Waals surface area contributed by atoms with Crippen molar-refractivity contribution in [1.29, 1.82) is 0 Å². The Kier molecular flexibility index (Phi) is 7.04. The average Bonchev–Trinajstić information content (AvgIpc) is 3.44. The molecule has 0 atom stereocenters. The fourth-order valence-corrected chi connectivity index (χ4v) is 5.04. The number of thiophene rings is 1. The molecule has 1 amide bonds. The van der Waals surface area contributed by atoms with Gasteiger partial charge in [-0.2, -0.15) is 0 Å². The molecule has 4 aromatic rings. The molecule has 182 valence electrons. The summed E-state index contributed by atoms with van der Waals surface area (Å²) in [7, 11) is 1.50. The van der Waals surface area contributed by atoms with E-state index >= 15 is 0 Å². The zero-order chi connectivity index (χ0) is 25.1. The van der Waals surface area contributed by atoms with Gasteiger partial charge in [-0.05, 0) is 43.0 Å². The van der Waals surface area contributed by atoms with E-state index in [0.29, 0.717) is 5.56 Å². The van der Waals surface area contributed by atoms with Gasteiger partial charge in [-0.1, -0.05) is 30.3 Å². The number of nitrogens with two attached hydrogens (primary N) is 1. The summed E-state index contributed by atoms with van der Waals surface area (Å²) in [6, 6.07) is 15.0. The maximum absolute atomic E-state index is 14.1. The number of aromatic amines is 1. The summed E-state index contributed by atoms with van der Waals surface area (Å²) in [5.74, 6) is -0.489. The van der Waals surface area contributed by atoms with Crippen LogP contribution in [-0.2, 0) is 17.8 Å². The van der Waals surface area contributed by atoms with Crippen molar-refractivity contribution in [1.82, 2.24) is 14.1 Å². The number of methoxy groups -OCH3 is 1. The molecule has 0 fully saturated rings. The number of benzene rings is 1. The third kappa shape index (κ3) is 4.71. The quantitative estimate of drug-likeness (QED) is 0.391. The minimum Gasteiger partial charge on any atom is -0.383 e. The molecule has 0 bridgehead atoms. The van der Waals surface area contributed by atoms with Gasteiger partial charge in [0.25, 0.3) is 11.5 Å². The van der Waals surface area contributed by atoms with Gasteiger partial charge in [-0.3, -0.25) is 24.0 Å². The Morgan fingerprint density at radius 3 is 2.43 bits per heavy atom. The van der Waals surface area contributed by atoms with Gasteiger partial charge in [-0.15, -0.1) is 11.3 Å². The van der Waals surface area contributed by atoms with E-state index in [1.165, 1.54) is 27.9 Å². The van der Waals surface area contributed by atoms with Crippen LogP contribution < -0.4 is 21.9 Å². The molecule has 0 spiro atoms. The van der Waals surface area contributed by atoms with Crippen molar-refractivity contribution >= 4 is 28.7 Å². The second kappa shape index (κ2) is 10.2. The average molecular weight is 494 g/mol. The lowest BCUT2D eigenvalue weighted by molar-refractivity contribution is 0.0985. The third-order valence-corrected chi connectivity index (χ3v) is 6.68. The van der Waals surface area contributed by atoms with E-state index in [-0.39, 0.29) is 31.2 Å². The number of hydrogen-bond donors (Lipinski definition) is 2. The van der Waals surface area contributed by atoms with E-state index in [4.69, 9.17) is 10.5 Å². The van der Waals surface area contributed by atoms with Crippen molar-refractivity contribution in [3.8, 4) is 5.00 Å². The topological polar surface area (TPSA) is 115 Å². The normalized spacial score (nSPS) is 11.1. The molecule has 1 aromatic carbocycles. The van der Waals surface area contributed by atoms with Crippen molar-refractivity contribution in [2.24, 2.45) is 0 Å². The largest absolute Gasteiger partial charge is 0.383 e. The summed E-state index contributed by atoms with van der Waals surface area (Å²) in [5, 5.41) is 2.59. The van der Waals surface area contributed by atoms with Gasteiger partial charge in [0.05, 0.1) is 25.3 Å². The first-order valence-corrected chi connectivity index (χ1v) is 11.9. The molecule has 0 aliphatic carbocycles. The molecule has 4 rings (SSSR count). The van der Waals surface area contributed by atoms with E-state index in [1.54, 1.807) is 6.07 Å². The second-order valence-corrected chi connectivity index (χ2v) is 9.00. The first-order chi connectivity index (χ1) is 16.8. The Hall–Kier alpha value is -3.89. The summed E-state index contributed by atoms with van der Waals surface area (Å²) in [4.78, 5) is 43.2. The molecule has 3 aromatic heterocycles. The van der Waals surface area contributed by atoms with Crippen molar-refractivity contribution in [2.75, 3.05) is 24.4 Å². The second-order valence-electron chi connectivity index (χ2n) is 8.11. The third-order valence-electron chi connectivity index (χ3n) is 5.78. The summed E-state index contributed by atoms with van der Waals surface area (Å²) in [6.07, 6.45) is 0. The van der Waals surface area contributed by atoms with E-state index in [9.17, 15) is 14.4 Å². The zero-order valence-corrected chi connectivity index (χ0v) is 20.6. The number of nitrogen functional groups attached to an aromatic ring is 1. The molecule has 10 heteroatoms. The minimum atomic E-state index is -0.726. The van der Waals surface area contributed by atoms with Crippen LogP contribution in [-0.4, -0.2) is 33.7 Å². The fourth-order valence-electron chi connectivity index (χ4n) is 4.03. The molecule has 3 N–H and O–H groups in total. The predicted molar refractivity (Wildman–Crippen MR) is 138 cm³/mol. The Labute approximate surface area is 206 Å². The number of carbonyl (C=O) groups is 1. The number of carbonyl (C=O) groups excluding carboxylic acids is 1. The summed E-state index contributed by atoms with van der Waals surface area (Å²) in [6.45, 7) is 4.37. The van der Waals surface area contributed by atoms with Crippen LogP contribution in [0.15, 0.2) is 63.5 Å². The lowest BCUT2D eigenvalue weighted by atomic mass is 10.1. The molecule has 0 saturated heterocycles. The molecule has 0 radical (unpaired) electrons. The summed E-state index contributed by atoms with van der Waals surface area (Å²) in [5.41, 5.74) is 8.09. The number of amides is 1. The van der Waals surface area contributed by atoms with Gasteiger partial charge in [0.1, 0.15) is 10.8 Å². The highest BCUT2D eigenvalue weighted by atomic mass is 32.1. The number of hydrogen-bond acceptors (Lipinski definition) is 6. The van der Waals surface area contributed by atoms with E-state index in [0.717, 1.165) is 22.0 Å². The molecule has 9 nitrogen and oxygen atoms in total. The molecular formula is C25H27N5O4S. The van der Waals surface area contributed by atoms with Crippen LogP contribution in [0.4, 0.5) is 11.5 Å². The van der Waals surface area contributed by atoms with E-state index in [1.807, 2.05) is 66.3 Å². The van der Waals surface area contributed by atoms with Gasteiger partial charge in [0.15, 0.2) is 5.69 Å². The Bertz CT molecular complexity index is 1450. The Balaban J connectivity index is 1.88. The highest BCUT2D eigenvalue weighted by molar-refractivity contribution is 7.13. The molecule has 3 heterocycles. The lowest BCUT2D eigenvalue weighted by Crippen LogP contribution is -2.41. The van der Waals surface area contributed by atoms with Crippen LogP contribution in [0.2, 0.25) is 0 Å². The van der Waals surface area contributed by atoms with Crippen molar-refractivity contribution < 1.29 is 9.53 Å². The number of H-pyrrole nitrogens is 1. The summed E-state index contributed by atoms with van der Waals surface area (Å²) >= 11 is 1.43. The van der Waals surface area contributed by atoms with Gasteiger partial charge in [-0.25, -0.2) is 4.79 Å². The molecule has 35 heavy (non-hydrogen) atoms. The van der Waals surface area contributed by atoms with Crippen LogP contribution in [0.1, 0.15) is 27.3 Å². The van der Waals surface area contributed by atoms with Crippen LogP contribution in [0.5, 0.6) is 0 Å². The maximum atomic E-state index is 14.1. The SMILES string of the molecule is COCCn1c(N)c(N(Cc2ccccc2)C(=O)c2ccsc2-n2c(C)ccc2C)c(=O)[nH]c1=O. The van der Waals surface area contributed by atoms with Gasteiger partial charge < -0.3 is 15.0 Å². The molecule has 0 unspecified atom stereocenters. The number of rotatable bonds is 8. The Morgan fingerprint density at radius 2 is 1.77 bits per heavy atom. The number of nitrogens with one attached hydrogen (secondary N) is 1. The molecule has 0 saturated carbocycles. The van der Waals surface area contributed by atoms with Crippen molar-refractivity contribution in [3.05, 3.63) is 97.3 Å². The van der Waals surface area contributed by atoms with Crippen LogP contribution in [0, 0.1) is 13.8 Å². The van der Waals surface area contributed by atoms with Gasteiger partial charge in [0.2, 0.25) is 0 Å². The van der Waals surface area contributed by atoms with Crippen LogP contribution >= 0.6 is 11.3 Å². The number of ether oxygens (including phenoxy) is 1. The fraction of sp³-hybridized carbons (Fsp3) is 0.240. The zero-order valence-electron chi connectivity index (χ0n) is 19.8. The summed E-state index contributed by atoms with van der Waals surface area (Å²) < 4.78 is 8.29. The van der Waals surface area contributed by atoms with Crippen molar-refractivity contribution in [3.63, 3.8) is 0 Å². The van der Waals surface area contributed by atoms with Crippen LogP contribution in [0.25, 0.3) is 5.00 Å². The van der Waals surface area contributed by atoms with Crippen molar-refractivity contribution in [2.45, 2.75) is 26.9 Å². The van der Waals surface area contributed by atoms with Crippen LogP contribution in [0.3, 0.4) is 0 Å². The first-order valence-electron chi connectivity index (χ1n) is 11.0. The number of aromatic nitrogens is 3. The number of anilines is 2. The number of aryl methyl sites for hydroxylation is 2. The van der Waals surface area contributed by atoms with Gasteiger partial charge in [0, 0.05) is 18.5 Å². The molecule has 0 aliphatic heterocycles. The molecule has 0 aliphatic rings. The lowest BCUT2D eigenvalue weighted by Gasteiger charge is -2.25. The minimum absolute atomic E-state index is 0.0762. The van der Waals surface area contributed by atoms with E-state index in [2.05, 4.69) is 4.98 Å². The predicted octanol–water partition coefficient (Wildman–Crippen LogP) is 3.08. The first kappa shape index (κ1) is 24.2. The number of nitrogens with zero attached hydrogens (tertiary/aromatic N) is 3. The Morgan fingerprint density at radius 1 is 1.09 bits per heavy atom. The highest BCUT2D eigenvalue weighted by Crippen LogP contribution is 2.30. The smallest absolute Gasteiger partial charge is 0.330 e. The molecular weight excluding hydrogens is 466 g/mol. The van der Waals surface area contributed by atoms with Gasteiger partial charge >= 0.3 is 5.69 Å². The standard InChI is InChI=1S/C25H27N5O4S/c1-16-9-10-17(2)30(16)24-19(11-14-35-24)23(32)29(15-18-7-5-4-6-8-18)20-21(26)28(12-13-34-3)25(33)27-22(20)31/h4-11,14H,12-13,15,26H2,1-3H3,(H,27,31,33). The monoisotopic (exact) mass is 493 g/mol. The highest BCUT2D eigenvalue weighted by Gasteiger charge is 2.28. The van der Waals surface area contributed by atoms with E-state index < -0.39 is 17.2 Å². The maximum Gasteiger partial charge on any atom is 0.330 e.